The van der Waals surface area contributed by atoms with Gasteiger partial charge in [0.05, 0.1) is 37.4 Å². The van der Waals surface area contributed by atoms with E-state index in [4.69, 9.17) is 14.2 Å². The van der Waals surface area contributed by atoms with Gasteiger partial charge in [-0.25, -0.2) is 14.4 Å². The summed E-state index contributed by atoms with van der Waals surface area (Å²) in [5, 5.41) is 2.92. The monoisotopic (exact) mass is 500 g/mol. The number of allylic oxidation sites excluding steroid dienone is 1. The van der Waals surface area contributed by atoms with Gasteiger partial charge in [0.1, 0.15) is 0 Å². The van der Waals surface area contributed by atoms with Crippen LogP contribution < -0.4 is 14.8 Å². The first-order valence-corrected chi connectivity index (χ1v) is 11.9. The lowest BCUT2D eigenvalue weighted by molar-refractivity contribution is -0.136. The zero-order valence-electron chi connectivity index (χ0n) is 20.9. The molecule has 0 aromatic heterocycles. The average Bonchev–Trinajstić information content (AvgIpc) is 2.92. The van der Waals surface area contributed by atoms with Crippen molar-refractivity contribution in [3.63, 3.8) is 0 Å². The molecule has 1 N–H and O–H groups in total. The van der Waals surface area contributed by atoms with E-state index in [1.54, 1.807) is 49.4 Å². The van der Waals surface area contributed by atoms with Crippen LogP contribution in [-0.4, -0.2) is 36.6 Å². The Labute approximate surface area is 215 Å². The van der Waals surface area contributed by atoms with Crippen LogP contribution in [0.1, 0.15) is 41.4 Å². The van der Waals surface area contributed by atoms with Gasteiger partial charge in [0.15, 0.2) is 11.5 Å². The van der Waals surface area contributed by atoms with Crippen LogP contribution in [0.25, 0.3) is 0 Å². The Morgan fingerprint density at radius 1 is 0.919 bits per heavy atom. The van der Waals surface area contributed by atoms with E-state index in [1.165, 1.54) is 12.0 Å². The minimum atomic E-state index is -0.787. The molecule has 1 unspecified atom stereocenters. The lowest BCUT2D eigenvalue weighted by atomic mass is 9.94. The summed E-state index contributed by atoms with van der Waals surface area (Å²) >= 11 is 0. The van der Waals surface area contributed by atoms with Gasteiger partial charge < -0.3 is 19.5 Å². The lowest BCUT2D eigenvalue weighted by Crippen LogP contribution is -2.47. The van der Waals surface area contributed by atoms with Crippen molar-refractivity contribution in [2.24, 2.45) is 0 Å². The minimum absolute atomic E-state index is 0.229. The van der Waals surface area contributed by atoms with Crippen LogP contribution in [0.15, 0.2) is 90.1 Å². The summed E-state index contributed by atoms with van der Waals surface area (Å²) < 4.78 is 16.4. The van der Waals surface area contributed by atoms with E-state index in [1.807, 2.05) is 43.3 Å². The van der Waals surface area contributed by atoms with Crippen molar-refractivity contribution < 1.29 is 28.6 Å². The van der Waals surface area contributed by atoms with Crippen LogP contribution in [0.2, 0.25) is 0 Å². The molecule has 4 rings (SSSR count). The van der Waals surface area contributed by atoms with E-state index in [-0.39, 0.29) is 11.8 Å². The molecule has 190 valence electrons. The van der Waals surface area contributed by atoms with Crippen LogP contribution >= 0.6 is 0 Å². The number of nitrogens with zero attached hydrogens (tertiary/aromatic N) is 1. The zero-order chi connectivity index (χ0) is 26.4. The van der Waals surface area contributed by atoms with Crippen LogP contribution in [0.3, 0.4) is 0 Å². The average molecular weight is 501 g/mol. The topological polar surface area (TPSA) is 94.2 Å². The molecule has 1 heterocycles. The van der Waals surface area contributed by atoms with Crippen LogP contribution in [-0.2, 0) is 16.1 Å². The molecule has 1 aliphatic rings. The summed E-state index contributed by atoms with van der Waals surface area (Å²) in [5.41, 5.74) is 2.69. The third-order valence-corrected chi connectivity index (χ3v) is 6.00. The zero-order valence-corrected chi connectivity index (χ0v) is 20.9. The lowest BCUT2D eigenvalue weighted by Gasteiger charge is -2.35. The number of benzene rings is 3. The first-order valence-electron chi connectivity index (χ1n) is 11.9. The quantitative estimate of drug-likeness (QED) is 0.345. The molecule has 3 aromatic rings. The molecule has 8 heteroatoms. The number of carbonyl (C=O) groups is 3. The number of hydrogen-bond acceptors (Lipinski definition) is 6. The molecule has 1 aliphatic heterocycles. The second kappa shape index (κ2) is 11.4. The summed E-state index contributed by atoms with van der Waals surface area (Å²) in [7, 11) is 1.30. The summed E-state index contributed by atoms with van der Waals surface area (Å²) in [5.74, 6) is -0.541. The molecule has 0 saturated heterocycles. The number of nitrogens with one attached hydrogen (secondary N) is 1. The first kappa shape index (κ1) is 25.5. The van der Waals surface area contributed by atoms with Crippen LogP contribution in [0.4, 0.5) is 4.79 Å². The highest BCUT2D eigenvalue weighted by Crippen LogP contribution is 2.37. The Hall–Kier alpha value is -4.59. The Bertz CT molecular complexity index is 1320. The highest BCUT2D eigenvalue weighted by molar-refractivity contribution is 5.95. The predicted octanol–water partition coefficient (Wildman–Crippen LogP) is 5.02. The van der Waals surface area contributed by atoms with Crippen molar-refractivity contribution in [3.8, 4) is 11.5 Å². The highest BCUT2D eigenvalue weighted by Gasteiger charge is 2.36. The van der Waals surface area contributed by atoms with Crippen molar-refractivity contribution in [3.05, 3.63) is 107 Å². The van der Waals surface area contributed by atoms with Crippen LogP contribution in [0.5, 0.6) is 11.5 Å². The molecule has 0 fully saturated rings. The summed E-state index contributed by atoms with van der Waals surface area (Å²) in [6, 6.07) is 21.9. The minimum Gasteiger partial charge on any atom is -0.490 e. The van der Waals surface area contributed by atoms with Crippen molar-refractivity contribution in [2.45, 2.75) is 26.4 Å². The highest BCUT2D eigenvalue weighted by atomic mass is 16.6. The van der Waals surface area contributed by atoms with E-state index in [0.717, 1.165) is 5.56 Å². The van der Waals surface area contributed by atoms with E-state index in [2.05, 4.69) is 5.32 Å². The SMILES string of the molecule is CCOc1cc(C2NC(=O)N(Cc3ccccc3)C(C)=C2C(=O)OC)ccc1OC(=O)c1ccccc1. The van der Waals surface area contributed by atoms with Gasteiger partial charge in [-0.05, 0) is 49.2 Å². The van der Waals surface area contributed by atoms with E-state index < -0.39 is 18.0 Å². The van der Waals surface area contributed by atoms with Gasteiger partial charge in [-0.15, -0.1) is 0 Å². The number of carbonyl (C=O) groups excluding carboxylic acids is 3. The fourth-order valence-electron chi connectivity index (χ4n) is 4.15. The maximum atomic E-state index is 13.2. The maximum absolute atomic E-state index is 13.2. The van der Waals surface area contributed by atoms with E-state index >= 15 is 0 Å². The fourth-order valence-corrected chi connectivity index (χ4v) is 4.15. The van der Waals surface area contributed by atoms with Crippen LogP contribution in [0, 0.1) is 0 Å². The fraction of sp³-hybridized carbons (Fsp3) is 0.207. The van der Waals surface area contributed by atoms with Gasteiger partial charge in [0, 0.05) is 5.70 Å². The molecular weight excluding hydrogens is 472 g/mol. The van der Waals surface area contributed by atoms with Crippen molar-refractivity contribution in [1.82, 2.24) is 10.2 Å². The summed E-state index contributed by atoms with van der Waals surface area (Å²) in [6.45, 7) is 4.15. The predicted molar refractivity (Wildman–Crippen MR) is 137 cm³/mol. The number of esters is 2. The molecule has 1 atom stereocenters. The molecule has 8 nitrogen and oxygen atoms in total. The van der Waals surface area contributed by atoms with Gasteiger partial charge in [-0.3, -0.25) is 4.90 Å². The Morgan fingerprint density at radius 2 is 1.59 bits per heavy atom. The second-order valence-corrected chi connectivity index (χ2v) is 8.34. The molecule has 0 spiro atoms. The molecule has 0 saturated carbocycles. The third-order valence-electron chi connectivity index (χ3n) is 6.00. The Balaban J connectivity index is 1.68. The smallest absolute Gasteiger partial charge is 0.343 e. The molecule has 0 bridgehead atoms. The molecule has 2 amide bonds. The van der Waals surface area contributed by atoms with E-state index in [0.29, 0.717) is 41.3 Å². The summed E-state index contributed by atoms with van der Waals surface area (Å²) in [4.78, 5) is 40.2. The van der Waals surface area contributed by atoms with Crippen molar-refractivity contribution >= 4 is 18.0 Å². The molecule has 0 radical (unpaired) electrons. The van der Waals surface area contributed by atoms with Crippen molar-refractivity contribution in [2.75, 3.05) is 13.7 Å². The number of methoxy groups -OCH3 is 1. The number of hydrogen-bond donors (Lipinski definition) is 1. The largest absolute Gasteiger partial charge is 0.490 e. The number of amides is 2. The normalized spacial score (nSPS) is 15.2. The molecular formula is C29H28N2O6. The first-order chi connectivity index (χ1) is 17.9. The van der Waals surface area contributed by atoms with E-state index in [9.17, 15) is 14.4 Å². The molecule has 0 aliphatic carbocycles. The second-order valence-electron chi connectivity index (χ2n) is 8.34. The number of urea groups is 1. The third kappa shape index (κ3) is 5.64. The number of ether oxygens (including phenoxy) is 3. The standard InChI is InChI=1S/C29H28N2O6/c1-4-36-24-17-22(15-16-23(24)37-27(32)21-13-9-6-10-14-21)26-25(28(33)35-3)19(2)31(29(34)30-26)18-20-11-7-5-8-12-20/h5-17,26H,4,18H2,1-3H3,(H,30,34). The van der Waals surface area contributed by atoms with Gasteiger partial charge in [0.2, 0.25) is 0 Å². The Kier molecular flexibility index (Phi) is 7.88. The summed E-state index contributed by atoms with van der Waals surface area (Å²) in [6.07, 6.45) is 0. The van der Waals surface area contributed by atoms with Gasteiger partial charge >= 0.3 is 18.0 Å². The molecule has 3 aromatic carbocycles. The molecule has 37 heavy (non-hydrogen) atoms. The van der Waals surface area contributed by atoms with Gasteiger partial charge in [0.25, 0.3) is 0 Å². The van der Waals surface area contributed by atoms with Crippen molar-refractivity contribution in [1.29, 1.82) is 0 Å². The maximum Gasteiger partial charge on any atom is 0.343 e. The van der Waals surface area contributed by atoms with Gasteiger partial charge in [-0.2, -0.15) is 0 Å². The van der Waals surface area contributed by atoms with Gasteiger partial charge in [-0.1, -0.05) is 54.6 Å². The number of rotatable bonds is 8. The Morgan fingerprint density at radius 3 is 2.24 bits per heavy atom.